The summed E-state index contributed by atoms with van der Waals surface area (Å²) in [7, 11) is 0. The van der Waals surface area contributed by atoms with Crippen LogP contribution in [0.3, 0.4) is 0 Å². The molecule has 132 valence electrons. The standard InChI is InChI=1S/C20H29NO3/c22-19(24-15-7-12-21-13-16-23-17-14-21)20(10-5-2-6-11-20)18-8-3-1-4-9-18/h1,3-4,8-9H,2,5-7,10-17H2. The quantitative estimate of drug-likeness (QED) is 0.593. The van der Waals surface area contributed by atoms with Gasteiger partial charge < -0.3 is 9.47 Å². The fraction of sp³-hybridized carbons (Fsp3) is 0.650. The highest BCUT2D eigenvalue weighted by atomic mass is 16.5. The minimum Gasteiger partial charge on any atom is -0.465 e. The molecule has 3 rings (SSSR count). The molecule has 0 spiro atoms. The van der Waals surface area contributed by atoms with E-state index in [0.717, 1.165) is 70.5 Å². The molecule has 1 aliphatic carbocycles. The molecule has 0 amide bonds. The van der Waals surface area contributed by atoms with Crippen LogP contribution in [0.4, 0.5) is 0 Å². The van der Waals surface area contributed by atoms with Crippen LogP contribution in [-0.2, 0) is 19.7 Å². The molecule has 1 aliphatic heterocycles. The second-order valence-corrected chi connectivity index (χ2v) is 6.95. The van der Waals surface area contributed by atoms with Crippen molar-refractivity contribution in [1.82, 2.24) is 4.90 Å². The van der Waals surface area contributed by atoms with Crippen molar-refractivity contribution in [2.45, 2.75) is 43.9 Å². The maximum absolute atomic E-state index is 12.9. The average Bonchev–Trinajstić information content (AvgIpc) is 2.67. The predicted octanol–water partition coefficient (Wildman–Crippen LogP) is 3.15. The van der Waals surface area contributed by atoms with Gasteiger partial charge >= 0.3 is 5.97 Å². The van der Waals surface area contributed by atoms with Gasteiger partial charge in [-0.1, -0.05) is 49.6 Å². The molecule has 4 nitrogen and oxygen atoms in total. The molecular weight excluding hydrogens is 302 g/mol. The molecule has 1 aromatic carbocycles. The van der Waals surface area contributed by atoms with Crippen molar-refractivity contribution < 1.29 is 14.3 Å². The van der Waals surface area contributed by atoms with Crippen LogP contribution >= 0.6 is 0 Å². The Kier molecular flexibility index (Phi) is 6.27. The van der Waals surface area contributed by atoms with E-state index in [-0.39, 0.29) is 5.97 Å². The van der Waals surface area contributed by atoms with Gasteiger partial charge in [-0.15, -0.1) is 0 Å². The first kappa shape index (κ1) is 17.4. The molecule has 0 N–H and O–H groups in total. The Morgan fingerprint density at radius 1 is 1.08 bits per heavy atom. The summed E-state index contributed by atoms with van der Waals surface area (Å²) < 4.78 is 11.1. The molecule has 2 fully saturated rings. The molecule has 0 aromatic heterocycles. The van der Waals surface area contributed by atoms with Crippen molar-refractivity contribution in [1.29, 1.82) is 0 Å². The number of benzene rings is 1. The van der Waals surface area contributed by atoms with Gasteiger partial charge in [-0.2, -0.15) is 0 Å². The van der Waals surface area contributed by atoms with E-state index in [2.05, 4.69) is 17.0 Å². The number of carbonyl (C=O) groups excluding carboxylic acids is 1. The molecule has 1 aromatic rings. The van der Waals surface area contributed by atoms with Gasteiger partial charge in [-0.05, 0) is 24.8 Å². The molecule has 24 heavy (non-hydrogen) atoms. The Labute approximate surface area is 145 Å². The highest BCUT2D eigenvalue weighted by Crippen LogP contribution is 2.40. The molecule has 1 saturated heterocycles. The SMILES string of the molecule is O=C(OCCCN1CCOCC1)C1(c2ccccc2)CCCCC1. The molecule has 0 radical (unpaired) electrons. The Hall–Kier alpha value is -1.39. The van der Waals surface area contributed by atoms with Crippen LogP contribution in [0.25, 0.3) is 0 Å². The maximum Gasteiger partial charge on any atom is 0.316 e. The van der Waals surface area contributed by atoms with Crippen LogP contribution in [0, 0.1) is 0 Å². The highest BCUT2D eigenvalue weighted by Gasteiger charge is 2.42. The summed E-state index contributed by atoms with van der Waals surface area (Å²) in [5.41, 5.74) is 0.709. The van der Waals surface area contributed by atoms with Crippen molar-refractivity contribution in [2.75, 3.05) is 39.5 Å². The first-order chi connectivity index (χ1) is 11.8. The number of nitrogens with zero attached hydrogens (tertiary/aromatic N) is 1. The first-order valence-electron chi connectivity index (χ1n) is 9.34. The number of morpholine rings is 1. The van der Waals surface area contributed by atoms with Crippen LogP contribution in [0.2, 0.25) is 0 Å². The van der Waals surface area contributed by atoms with Gasteiger partial charge in [0, 0.05) is 19.6 Å². The summed E-state index contributed by atoms with van der Waals surface area (Å²) in [5, 5.41) is 0. The van der Waals surface area contributed by atoms with Gasteiger partial charge in [0.15, 0.2) is 0 Å². The van der Waals surface area contributed by atoms with E-state index in [1.54, 1.807) is 0 Å². The minimum absolute atomic E-state index is 0.0182. The summed E-state index contributed by atoms with van der Waals surface area (Å²) >= 11 is 0. The van der Waals surface area contributed by atoms with Crippen molar-refractivity contribution >= 4 is 5.97 Å². The summed E-state index contributed by atoms with van der Waals surface area (Å²) in [6.45, 7) is 5.11. The normalized spacial score (nSPS) is 21.3. The second-order valence-electron chi connectivity index (χ2n) is 6.95. The third-order valence-electron chi connectivity index (χ3n) is 5.38. The summed E-state index contributed by atoms with van der Waals surface area (Å²) in [6, 6.07) is 10.2. The van der Waals surface area contributed by atoms with Gasteiger partial charge in [0.25, 0.3) is 0 Å². The molecule has 0 atom stereocenters. The topological polar surface area (TPSA) is 38.8 Å². The second kappa shape index (κ2) is 8.63. The fourth-order valence-corrected chi connectivity index (χ4v) is 3.94. The molecule has 4 heteroatoms. The van der Waals surface area contributed by atoms with Crippen LogP contribution in [0.5, 0.6) is 0 Å². The molecule has 1 heterocycles. The van der Waals surface area contributed by atoms with Crippen LogP contribution < -0.4 is 0 Å². The van der Waals surface area contributed by atoms with Gasteiger partial charge in [0.2, 0.25) is 0 Å². The van der Waals surface area contributed by atoms with E-state index >= 15 is 0 Å². The summed E-state index contributed by atoms with van der Waals surface area (Å²) in [6.07, 6.45) is 6.17. The monoisotopic (exact) mass is 331 g/mol. The summed E-state index contributed by atoms with van der Waals surface area (Å²) in [4.78, 5) is 15.3. The Balaban J connectivity index is 1.54. The third kappa shape index (κ3) is 4.17. The number of rotatable bonds is 6. The molecular formula is C20H29NO3. The number of ether oxygens (including phenoxy) is 2. The minimum atomic E-state index is -0.418. The van der Waals surface area contributed by atoms with E-state index in [1.165, 1.54) is 6.42 Å². The van der Waals surface area contributed by atoms with Crippen molar-refractivity contribution in [3.8, 4) is 0 Å². The predicted molar refractivity (Wildman–Crippen MR) is 94.0 cm³/mol. The van der Waals surface area contributed by atoms with Gasteiger partial charge in [-0.25, -0.2) is 0 Å². The van der Waals surface area contributed by atoms with E-state index in [0.29, 0.717) is 6.61 Å². The van der Waals surface area contributed by atoms with Crippen LogP contribution in [-0.4, -0.2) is 50.3 Å². The first-order valence-corrected chi connectivity index (χ1v) is 9.34. The Morgan fingerprint density at radius 2 is 1.79 bits per heavy atom. The zero-order valence-corrected chi connectivity index (χ0v) is 14.5. The van der Waals surface area contributed by atoms with Crippen LogP contribution in [0.1, 0.15) is 44.1 Å². The van der Waals surface area contributed by atoms with E-state index in [9.17, 15) is 4.79 Å². The van der Waals surface area contributed by atoms with Gasteiger partial charge in [0.1, 0.15) is 0 Å². The molecule has 0 bridgehead atoms. The number of hydrogen-bond donors (Lipinski definition) is 0. The average molecular weight is 331 g/mol. The lowest BCUT2D eigenvalue weighted by Gasteiger charge is -2.35. The zero-order valence-electron chi connectivity index (χ0n) is 14.5. The summed E-state index contributed by atoms with van der Waals surface area (Å²) in [5.74, 6) is -0.0182. The highest BCUT2D eigenvalue weighted by molar-refractivity contribution is 5.83. The number of carbonyl (C=O) groups is 1. The molecule has 2 aliphatic rings. The third-order valence-corrected chi connectivity index (χ3v) is 5.38. The van der Waals surface area contributed by atoms with E-state index in [1.807, 2.05) is 18.2 Å². The number of esters is 1. The van der Waals surface area contributed by atoms with Gasteiger partial charge in [0.05, 0.1) is 25.2 Å². The Morgan fingerprint density at radius 3 is 2.50 bits per heavy atom. The molecule has 1 saturated carbocycles. The lowest BCUT2D eigenvalue weighted by molar-refractivity contribution is -0.152. The van der Waals surface area contributed by atoms with Crippen molar-refractivity contribution in [3.63, 3.8) is 0 Å². The van der Waals surface area contributed by atoms with E-state index < -0.39 is 5.41 Å². The Bertz CT molecular complexity index is 505. The molecule has 0 unspecified atom stereocenters. The van der Waals surface area contributed by atoms with Gasteiger partial charge in [-0.3, -0.25) is 9.69 Å². The fourth-order valence-electron chi connectivity index (χ4n) is 3.94. The van der Waals surface area contributed by atoms with Crippen molar-refractivity contribution in [3.05, 3.63) is 35.9 Å². The largest absolute Gasteiger partial charge is 0.465 e. The number of hydrogen-bond acceptors (Lipinski definition) is 4. The van der Waals surface area contributed by atoms with Crippen molar-refractivity contribution in [2.24, 2.45) is 0 Å². The smallest absolute Gasteiger partial charge is 0.316 e. The maximum atomic E-state index is 12.9. The zero-order chi connectivity index (χ0) is 16.7. The van der Waals surface area contributed by atoms with E-state index in [4.69, 9.17) is 9.47 Å². The lowest BCUT2D eigenvalue weighted by Crippen LogP contribution is -2.40. The lowest BCUT2D eigenvalue weighted by atomic mass is 9.69. The van der Waals surface area contributed by atoms with Crippen LogP contribution in [0.15, 0.2) is 30.3 Å².